The van der Waals surface area contributed by atoms with E-state index in [1.807, 2.05) is 0 Å². The second-order valence-corrected chi connectivity index (χ2v) is 4.46. The average Bonchev–Trinajstić information content (AvgIpc) is 2.33. The standard InChI is InChI=1S/C12H15F4N3O/c1-7(2)19(6-12(14,15)16)9-5-3-4-8(13)10(9)11(17)18-20/h3-5,7,20H,6H2,1-2H3,(H2,17,18). The van der Waals surface area contributed by atoms with Crippen molar-refractivity contribution in [3.8, 4) is 0 Å². The molecule has 20 heavy (non-hydrogen) atoms. The third-order valence-electron chi connectivity index (χ3n) is 2.64. The summed E-state index contributed by atoms with van der Waals surface area (Å²) >= 11 is 0. The van der Waals surface area contributed by atoms with Gasteiger partial charge in [0.15, 0.2) is 5.84 Å². The van der Waals surface area contributed by atoms with Crippen molar-refractivity contribution in [2.24, 2.45) is 10.9 Å². The highest BCUT2D eigenvalue weighted by Crippen LogP contribution is 2.28. The van der Waals surface area contributed by atoms with Gasteiger partial charge >= 0.3 is 6.18 Å². The zero-order valence-corrected chi connectivity index (χ0v) is 10.9. The Labute approximate surface area is 113 Å². The Bertz CT molecular complexity index is 500. The van der Waals surface area contributed by atoms with E-state index in [0.29, 0.717) is 0 Å². The van der Waals surface area contributed by atoms with Gasteiger partial charge in [-0.1, -0.05) is 11.2 Å². The molecule has 0 heterocycles. The third-order valence-corrected chi connectivity index (χ3v) is 2.64. The van der Waals surface area contributed by atoms with Crippen molar-refractivity contribution in [2.75, 3.05) is 11.4 Å². The summed E-state index contributed by atoms with van der Waals surface area (Å²) in [6.07, 6.45) is -4.46. The Morgan fingerprint density at radius 2 is 2.00 bits per heavy atom. The van der Waals surface area contributed by atoms with Crippen LogP contribution in [0.4, 0.5) is 23.2 Å². The summed E-state index contributed by atoms with van der Waals surface area (Å²) in [5, 5.41) is 11.3. The zero-order valence-electron chi connectivity index (χ0n) is 10.9. The number of alkyl halides is 3. The Balaban J connectivity index is 3.38. The molecule has 1 rings (SSSR count). The molecule has 1 aromatic carbocycles. The van der Waals surface area contributed by atoms with Gasteiger partial charge in [0.05, 0.1) is 11.3 Å². The maximum atomic E-state index is 13.8. The molecule has 0 aliphatic heterocycles. The van der Waals surface area contributed by atoms with Crippen molar-refractivity contribution >= 4 is 11.5 Å². The molecule has 0 amide bonds. The number of rotatable bonds is 4. The summed E-state index contributed by atoms with van der Waals surface area (Å²) in [6.45, 7) is 1.80. The molecular weight excluding hydrogens is 278 g/mol. The van der Waals surface area contributed by atoms with Crippen LogP contribution in [-0.2, 0) is 0 Å². The summed E-state index contributed by atoms with van der Waals surface area (Å²) in [6, 6.07) is 3.04. The Morgan fingerprint density at radius 1 is 1.40 bits per heavy atom. The molecule has 0 aromatic heterocycles. The van der Waals surface area contributed by atoms with E-state index in [1.165, 1.54) is 26.0 Å². The molecule has 0 aliphatic carbocycles. The van der Waals surface area contributed by atoms with Gasteiger partial charge in [0, 0.05) is 6.04 Å². The minimum atomic E-state index is -4.46. The quantitative estimate of drug-likeness (QED) is 0.295. The van der Waals surface area contributed by atoms with Crippen LogP contribution < -0.4 is 10.6 Å². The van der Waals surface area contributed by atoms with Crippen LogP contribution in [0.1, 0.15) is 19.4 Å². The van der Waals surface area contributed by atoms with E-state index in [1.54, 1.807) is 0 Å². The van der Waals surface area contributed by atoms with Crippen LogP contribution in [0.15, 0.2) is 23.4 Å². The first kappa shape index (κ1) is 16.1. The molecule has 0 aliphatic rings. The van der Waals surface area contributed by atoms with Gasteiger partial charge in [0.2, 0.25) is 0 Å². The van der Waals surface area contributed by atoms with Crippen molar-refractivity contribution in [2.45, 2.75) is 26.1 Å². The van der Waals surface area contributed by atoms with Crippen molar-refractivity contribution in [1.82, 2.24) is 0 Å². The summed E-state index contributed by atoms with van der Waals surface area (Å²) in [7, 11) is 0. The van der Waals surface area contributed by atoms with E-state index in [2.05, 4.69) is 5.16 Å². The minimum absolute atomic E-state index is 0.0763. The summed E-state index contributed by atoms with van der Waals surface area (Å²) in [5.41, 5.74) is 4.92. The number of hydrogen-bond acceptors (Lipinski definition) is 3. The molecule has 3 N–H and O–H groups in total. The van der Waals surface area contributed by atoms with Gasteiger partial charge in [-0.15, -0.1) is 0 Å². The van der Waals surface area contributed by atoms with Gasteiger partial charge < -0.3 is 15.8 Å². The van der Waals surface area contributed by atoms with Gasteiger partial charge in [0.1, 0.15) is 12.4 Å². The van der Waals surface area contributed by atoms with Crippen LogP contribution in [0.5, 0.6) is 0 Å². The normalized spacial score (nSPS) is 12.8. The largest absolute Gasteiger partial charge is 0.409 e. The lowest BCUT2D eigenvalue weighted by molar-refractivity contribution is -0.120. The van der Waals surface area contributed by atoms with E-state index in [9.17, 15) is 17.6 Å². The first-order valence-electron chi connectivity index (χ1n) is 5.77. The summed E-state index contributed by atoms with van der Waals surface area (Å²) < 4.78 is 51.6. The summed E-state index contributed by atoms with van der Waals surface area (Å²) in [5.74, 6) is -1.43. The van der Waals surface area contributed by atoms with E-state index >= 15 is 0 Å². The molecule has 8 heteroatoms. The predicted molar refractivity (Wildman–Crippen MR) is 67.4 cm³/mol. The SMILES string of the molecule is CC(C)N(CC(F)(F)F)c1cccc(F)c1C(N)=NO. The molecule has 0 spiro atoms. The first-order valence-corrected chi connectivity index (χ1v) is 5.77. The molecular formula is C12H15F4N3O. The van der Waals surface area contributed by atoms with Crippen LogP contribution in [0.3, 0.4) is 0 Å². The predicted octanol–water partition coefficient (Wildman–Crippen LogP) is 2.70. The number of oxime groups is 1. The topological polar surface area (TPSA) is 61.8 Å². The van der Waals surface area contributed by atoms with Crippen molar-refractivity contribution in [1.29, 1.82) is 0 Å². The zero-order chi connectivity index (χ0) is 15.5. The van der Waals surface area contributed by atoms with Gasteiger partial charge in [-0.05, 0) is 26.0 Å². The third kappa shape index (κ3) is 3.75. The van der Waals surface area contributed by atoms with E-state index in [4.69, 9.17) is 10.9 Å². The number of benzene rings is 1. The van der Waals surface area contributed by atoms with E-state index in [-0.39, 0.29) is 11.3 Å². The maximum Gasteiger partial charge on any atom is 0.405 e. The van der Waals surface area contributed by atoms with Crippen molar-refractivity contribution in [3.05, 3.63) is 29.6 Å². The smallest absolute Gasteiger partial charge is 0.405 e. The fourth-order valence-electron chi connectivity index (χ4n) is 1.79. The molecule has 0 saturated heterocycles. The fraction of sp³-hybridized carbons (Fsp3) is 0.417. The molecule has 0 fully saturated rings. The number of nitrogens with zero attached hydrogens (tertiary/aromatic N) is 2. The van der Waals surface area contributed by atoms with Crippen molar-refractivity contribution in [3.63, 3.8) is 0 Å². The van der Waals surface area contributed by atoms with Gasteiger partial charge in [-0.2, -0.15) is 13.2 Å². The Morgan fingerprint density at radius 3 is 2.45 bits per heavy atom. The lowest BCUT2D eigenvalue weighted by Gasteiger charge is -2.31. The average molecular weight is 293 g/mol. The van der Waals surface area contributed by atoms with Crippen LogP contribution in [-0.4, -0.2) is 29.8 Å². The van der Waals surface area contributed by atoms with Gasteiger partial charge in [0.25, 0.3) is 0 Å². The second kappa shape index (κ2) is 5.98. The van der Waals surface area contributed by atoms with E-state index < -0.39 is 30.4 Å². The number of amidine groups is 1. The molecule has 0 unspecified atom stereocenters. The molecule has 0 saturated carbocycles. The fourth-order valence-corrected chi connectivity index (χ4v) is 1.79. The monoisotopic (exact) mass is 293 g/mol. The highest BCUT2D eigenvalue weighted by Gasteiger charge is 2.33. The van der Waals surface area contributed by atoms with Crippen LogP contribution in [0.25, 0.3) is 0 Å². The van der Waals surface area contributed by atoms with Crippen molar-refractivity contribution < 1.29 is 22.8 Å². The molecule has 0 bridgehead atoms. The summed E-state index contributed by atoms with van der Waals surface area (Å²) in [4.78, 5) is 0.941. The van der Waals surface area contributed by atoms with Gasteiger partial charge in [-0.3, -0.25) is 0 Å². The molecule has 112 valence electrons. The number of hydrogen-bond donors (Lipinski definition) is 2. The number of halogens is 4. The number of nitrogens with two attached hydrogens (primary N) is 1. The highest BCUT2D eigenvalue weighted by molar-refractivity contribution is 6.02. The Kier molecular flexibility index (Phi) is 4.80. The second-order valence-electron chi connectivity index (χ2n) is 4.46. The molecule has 0 atom stereocenters. The highest BCUT2D eigenvalue weighted by atomic mass is 19.4. The lowest BCUT2D eigenvalue weighted by atomic mass is 10.1. The van der Waals surface area contributed by atoms with Crippen LogP contribution in [0.2, 0.25) is 0 Å². The molecule has 1 aromatic rings. The maximum absolute atomic E-state index is 13.8. The Hall–Kier alpha value is -1.99. The number of anilines is 1. The van der Waals surface area contributed by atoms with E-state index in [0.717, 1.165) is 11.0 Å². The first-order chi connectivity index (χ1) is 9.17. The van der Waals surface area contributed by atoms with Crippen LogP contribution >= 0.6 is 0 Å². The lowest BCUT2D eigenvalue weighted by Crippen LogP contribution is -2.40. The van der Waals surface area contributed by atoms with Gasteiger partial charge in [-0.25, -0.2) is 4.39 Å². The van der Waals surface area contributed by atoms with Crippen LogP contribution in [0, 0.1) is 5.82 Å². The molecule has 0 radical (unpaired) electrons. The molecule has 4 nitrogen and oxygen atoms in total. The minimum Gasteiger partial charge on any atom is -0.409 e.